The second-order valence-corrected chi connectivity index (χ2v) is 10.8. The fraction of sp³-hybridized carbons (Fsp3) is 0.522. The number of furan rings is 1. The van der Waals surface area contributed by atoms with E-state index in [4.69, 9.17) is 9.40 Å². The second kappa shape index (κ2) is 8.82. The molecule has 1 atom stereocenters. The lowest BCUT2D eigenvalue weighted by molar-refractivity contribution is -0.118. The summed E-state index contributed by atoms with van der Waals surface area (Å²) in [4.78, 5) is 32.9. The highest BCUT2D eigenvalue weighted by Gasteiger charge is 2.25. The number of aryl methyl sites for hydroxylation is 1. The van der Waals surface area contributed by atoms with Gasteiger partial charge in [0.25, 0.3) is 5.56 Å². The van der Waals surface area contributed by atoms with Crippen LogP contribution in [0.25, 0.3) is 10.2 Å². The smallest absolute Gasteiger partial charge is 0.263 e. The molecule has 1 amide bonds. The molecule has 1 saturated carbocycles. The van der Waals surface area contributed by atoms with E-state index in [9.17, 15) is 9.59 Å². The maximum absolute atomic E-state index is 13.6. The summed E-state index contributed by atoms with van der Waals surface area (Å²) in [5, 5.41) is 4.37. The number of rotatable bonds is 7. The molecule has 0 radical (unpaired) electrons. The topological polar surface area (TPSA) is 77.1 Å². The van der Waals surface area contributed by atoms with E-state index in [1.54, 1.807) is 22.2 Å². The maximum atomic E-state index is 13.6. The number of hydrogen-bond donors (Lipinski definition) is 1. The average molecular weight is 458 g/mol. The number of amides is 1. The molecule has 0 spiro atoms. The van der Waals surface area contributed by atoms with Gasteiger partial charge >= 0.3 is 0 Å². The number of nitrogens with zero attached hydrogens (tertiary/aromatic N) is 2. The quantitative estimate of drug-likeness (QED) is 0.424. The Balaban J connectivity index is 1.44. The molecule has 2 aliphatic carbocycles. The van der Waals surface area contributed by atoms with E-state index in [1.165, 1.54) is 41.5 Å². The monoisotopic (exact) mass is 457 g/mol. The van der Waals surface area contributed by atoms with Gasteiger partial charge in [0.2, 0.25) is 5.91 Å². The van der Waals surface area contributed by atoms with Crippen LogP contribution in [-0.4, -0.2) is 27.8 Å². The van der Waals surface area contributed by atoms with Crippen LogP contribution in [0.2, 0.25) is 0 Å². The normalized spacial score (nSPS) is 18.7. The molecular formula is C23H27N3O3S2. The molecule has 1 unspecified atom stereocenters. The van der Waals surface area contributed by atoms with E-state index in [2.05, 4.69) is 12.2 Å². The molecule has 3 aromatic rings. The van der Waals surface area contributed by atoms with Gasteiger partial charge in [-0.15, -0.1) is 11.3 Å². The first-order chi connectivity index (χ1) is 15.1. The van der Waals surface area contributed by atoms with Crippen molar-refractivity contribution in [2.75, 3.05) is 12.3 Å². The average Bonchev–Trinajstić information content (AvgIpc) is 3.34. The Bertz CT molecular complexity index is 1150. The maximum Gasteiger partial charge on any atom is 0.263 e. The highest BCUT2D eigenvalue weighted by molar-refractivity contribution is 7.99. The number of nitrogens with one attached hydrogen (secondary N) is 1. The van der Waals surface area contributed by atoms with Crippen molar-refractivity contribution in [3.05, 3.63) is 45.0 Å². The van der Waals surface area contributed by atoms with Crippen molar-refractivity contribution in [1.82, 2.24) is 14.9 Å². The molecule has 8 heteroatoms. The van der Waals surface area contributed by atoms with E-state index < -0.39 is 0 Å². The summed E-state index contributed by atoms with van der Waals surface area (Å²) in [5.74, 6) is 2.22. The Morgan fingerprint density at radius 2 is 2.26 bits per heavy atom. The van der Waals surface area contributed by atoms with Gasteiger partial charge in [-0.2, -0.15) is 0 Å². The van der Waals surface area contributed by atoms with Gasteiger partial charge in [-0.05, 0) is 61.6 Å². The summed E-state index contributed by atoms with van der Waals surface area (Å²) in [6, 6.07) is 3.68. The van der Waals surface area contributed by atoms with Crippen molar-refractivity contribution < 1.29 is 9.21 Å². The van der Waals surface area contributed by atoms with Crippen LogP contribution in [-0.2, 0) is 24.2 Å². The lowest BCUT2D eigenvalue weighted by Crippen LogP contribution is -2.33. The number of thioether (sulfide) groups is 1. The third-order valence-corrected chi connectivity index (χ3v) is 8.54. The molecule has 0 aliphatic heterocycles. The minimum absolute atomic E-state index is 0.00454. The van der Waals surface area contributed by atoms with E-state index in [0.717, 1.165) is 36.0 Å². The molecule has 31 heavy (non-hydrogen) atoms. The van der Waals surface area contributed by atoms with E-state index in [0.29, 0.717) is 29.3 Å². The van der Waals surface area contributed by atoms with Crippen molar-refractivity contribution in [3.8, 4) is 0 Å². The van der Waals surface area contributed by atoms with Crippen LogP contribution in [0.5, 0.6) is 0 Å². The summed E-state index contributed by atoms with van der Waals surface area (Å²) in [6.07, 6.45) is 8.34. The number of aromatic nitrogens is 2. The van der Waals surface area contributed by atoms with Crippen molar-refractivity contribution in [2.45, 2.75) is 57.1 Å². The molecule has 164 valence electrons. The molecule has 3 heterocycles. The predicted molar refractivity (Wildman–Crippen MR) is 124 cm³/mol. The molecule has 2 aliphatic rings. The first-order valence-electron chi connectivity index (χ1n) is 11.1. The number of carbonyl (C=O) groups excluding carboxylic acids is 1. The van der Waals surface area contributed by atoms with Crippen molar-refractivity contribution >= 4 is 39.2 Å². The largest absolute Gasteiger partial charge is 0.467 e. The first-order valence-corrected chi connectivity index (χ1v) is 12.9. The van der Waals surface area contributed by atoms with Crippen LogP contribution in [0.3, 0.4) is 0 Å². The molecule has 0 bridgehead atoms. The minimum Gasteiger partial charge on any atom is -0.467 e. The van der Waals surface area contributed by atoms with Gasteiger partial charge < -0.3 is 9.73 Å². The Kier molecular flexibility index (Phi) is 5.93. The lowest BCUT2D eigenvalue weighted by atomic mass is 9.85. The number of fused-ring (bicyclic) bond motifs is 3. The summed E-state index contributed by atoms with van der Waals surface area (Å²) in [7, 11) is 0. The van der Waals surface area contributed by atoms with Crippen molar-refractivity contribution in [3.63, 3.8) is 0 Å². The predicted octanol–water partition coefficient (Wildman–Crippen LogP) is 4.23. The van der Waals surface area contributed by atoms with Crippen LogP contribution < -0.4 is 10.9 Å². The Morgan fingerprint density at radius 3 is 3.00 bits per heavy atom. The molecule has 1 N–H and O–H groups in total. The first kappa shape index (κ1) is 20.8. The summed E-state index contributed by atoms with van der Waals surface area (Å²) in [5.41, 5.74) is 1.16. The van der Waals surface area contributed by atoms with Gasteiger partial charge in [0.05, 0.1) is 23.9 Å². The summed E-state index contributed by atoms with van der Waals surface area (Å²) in [6.45, 7) is 3.34. The molecule has 5 rings (SSSR count). The van der Waals surface area contributed by atoms with Crippen LogP contribution in [0.15, 0.2) is 32.8 Å². The minimum atomic E-state index is -0.0224. The Hall–Kier alpha value is -2.06. The van der Waals surface area contributed by atoms with Gasteiger partial charge in [-0.3, -0.25) is 14.2 Å². The zero-order valence-electron chi connectivity index (χ0n) is 17.7. The highest BCUT2D eigenvalue weighted by Crippen LogP contribution is 2.36. The Morgan fingerprint density at radius 1 is 1.39 bits per heavy atom. The van der Waals surface area contributed by atoms with Gasteiger partial charge in [0.15, 0.2) is 5.16 Å². The van der Waals surface area contributed by atoms with Crippen LogP contribution in [0, 0.1) is 11.8 Å². The lowest BCUT2D eigenvalue weighted by Gasteiger charge is -2.25. The highest BCUT2D eigenvalue weighted by atomic mass is 32.2. The Labute approximate surface area is 189 Å². The molecule has 0 saturated heterocycles. The number of carbonyl (C=O) groups is 1. The standard InChI is InChI=1S/C23H27N3O3S2/c1-14-7-8-17-18(10-14)31-21-20(17)22(28)26(12-16-6-3-9-29-16)23(25-21)30-13-19(27)24-11-15-4-2-5-15/h3,6,9,14-15H,2,4-5,7-8,10-13H2,1H3,(H,24,27). The van der Waals surface area contributed by atoms with Gasteiger partial charge in [-0.1, -0.05) is 25.1 Å². The third-order valence-electron chi connectivity index (χ3n) is 6.42. The van der Waals surface area contributed by atoms with Crippen LogP contribution >= 0.6 is 23.1 Å². The van der Waals surface area contributed by atoms with E-state index in [-0.39, 0.29) is 17.2 Å². The summed E-state index contributed by atoms with van der Waals surface area (Å²) < 4.78 is 7.18. The van der Waals surface area contributed by atoms with Crippen molar-refractivity contribution in [1.29, 1.82) is 0 Å². The van der Waals surface area contributed by atoms with Gasteiger partial charge in [0, 0.05) is 11.4 Å². The molecule has 3 aromatic heterocycles. The number of thiophene rings is 1. The molecular weight excluding hydrogens is 430 g/mol. The van der Waals surface area contributed by atoms with Gasteiger partial charge in [0.1, 0.15) is 10.6 Å². The number of hydrogen-bond acceptors (Lipinski definition) is 6. The van der Waals surface area contributed by atoms with Crippen LogP contribution in [0.4, 0.5) is 0 Å². The fourth-order valence-electron chi connectivity index (χ4n) is 4.35. The fourth-order valence-corrected chi connectivity index (χ4v) is 6.60. The second-order valence-electron chi connectivity index (χ2n) is 8.79. The zero-order valence-corrected chi connectivity index (χ0v) is 19.3. The molecule has 6 nitrogen and oxygen atoms in total. The van der Waals surface area contributed by atoms with Gasteiger partial charge in [-0.25, -0.2) is 4.98 Å². The van der Waals surface area contributed by atoms with Crippen LogP contribution in [0.1, 0.15) is 48.8 Å². The van der Waals surface area contributed by atoms with Crippen molar-refractivity contribution in [2.24, 2.45) is 11.8 Å². The molecule has 0 aromatic carbocycles. The van der Waals surface area contributed by atoms with E-state index in [1.807, 2.05) is 12.1 Å². The SMILES string of the molecule is CC1CCc2c(sc3nc(SCC(=O)NCC4CCC4)n(Cc4ccco4)c(=O)c23)C1. The van der Waals surface area contributed by atoms with E-state index >= 15 is 0 Å². The third kappa shape index (κ3) is 4.32. The zero-order chi connectivity index (χ0) is 21.4. The summed E-state index contributed by atoms with van der Waals surface area (Å²) >= 11 is 2.98. The molecule has 1 fully saturated rings.